The lowest BCUT2D eigenvalue weighted by molar-refractivity contribution is 0.0718. The topological polar surface area (TPSA) is 113 Å². The number of carbonyl (C=O) groups excluding carboxylic acids is 1. The number of fused-ring (bicyclic) bond motifs is 1. The Bertz CT molecular complexity index is 1370. The van der Waals surface area contributed by atoms with E-state index >= 15 is 0 Å². The minimum atomic E-state index is -0.231. The number of aryl methyl sites for hydroxylation is 1. The van der Waals surface area contributed by atoms with Crippen LogP contribution in [0, 0.1) is 11.3 Å². The van der Waals surface area contributed by atoms with Gasteiger partial charge in [-0.25, -0.2) is 9.78 Å². The molecule has 2 N–H and O–H groups in total. The van der Waals surface area contributed by atoms with Gasteiger partial charge >= 0.3 is 5.69 Å². The number of nitriles is 1. The van der Waals surface area contributed by atoms with Gasteiger partial charge in [-0.15, -0.1) is 12.4 Å². The third-order valence-corrected chi connectivity index (χ3v) is 7.19. The molecule has 10 heteroatoms. The van der Waals surface area contributed by atoms with E-state index in [2.05, 4.69) is 11.0 Å². The van der Waals surface area contributed by atoms with Crippen molar-refractivity contribution >= 4 is 35.2 Å². The van der Waals surface area contributed by atoms with E-state index in [1.165, 1.54) is 4.57 Å². The Kier molecular flexibility index (Phi) is 7.67. The fourth-order valence-corrected chi connectivity index (χ4v) is 5.29. The van der Waals surface area contributed by atoms with Crippen LogP contribution >= 0.6 is 12.4 Å². The minimum absolute atomic E-state index is 0. The van der Waals surface area contributed by atoms with Crippen LogP contribution in [0.2, 0.25) is 0 Å². The number of carbonyl (C=O) groups is 1. The van der Waals surface area contributed by atoms with Gasteiger partial charge in [-0.3, -0.25) is 13.9 Å². The van der Waals surface area contributed by atoms with Crippen molar-refractivity contribution in [1.82, 2.24) is 19.0 Å². The molecule has 5 rings (SSSR count). The highest BCUT2D eigenvalue weighted by molar-refractivity contribution is 5.98. The van der Waals surface area contributed by atoms with E-state index in [-0.39, 0.29) is 36.6 Å². The maximum Gasteiger partial charge on any atom is 0.330 e. The number of anilines is 1. The molecule has 2 saturated heterocycles. The van der Waals surface area contributed by atoms with Crippen molar-refractivity contribution in [1.29, 1.82) is 5.26 Å². The molecule has 0 bridgehead atoms. The summed E-state index contributed by atoms with van der Waals surface area (Å²) < 4.78 is 3.17. The Morgan fingerprint density at radius 2 is 1.92 bits per heavy atom. The Labute approximate surface area is 216 Å². The summed E-state index contributed by atoms with van der Waals surface area (Å²) in [5.41, 5.74) is 9.69. The van der Waals surface area contributed by atoms with Crippen molar-refractivity contribution in [3.63, 3.8) is 0 Å². The average molecular weight is 510 g/mol. The molecule has 2 aliphatic heterocycles. The molecule has 0 spiro atoms. The summed E-state index contributed by atoms with van der Waals surface area (Å²) in [5, 5.41) is 9.57. The molecule has 1 aromatic carbocycles. The number of nitrogens with two attached hydrogens (primary N) is 1. The number of hydrogen-bond acceptors (Lipinski definition) is 6. The lowest BCUT2D eigenvalue weighted by Crippen LogP contribution is -2.43. The minimum Gasteiger partial charge on any atom is -0.368 e. The summed E-state index contributed by atoms with van der Waals surface area (Å²) in [6.07, 6.45) is 5.01. The monoisotopic (exact) mass is 509 g/mol. The van der Waals surface area contributed by atoms with E-state index in [4.69, 9.17) is 10.7 Å². The molecular formula is C26H32ClN7O2. The molecule has 1 atom stereocenters. The zero-order valence-electron chi connectivity index (χ0n) is 20.5. The van der Waals surface area contributed by atoms with Crippen LogP contribution in [0.1, 0.15) is 53.7 Å². The van der Waals surface area contributed by atoms with E-state index in [1.807, 2.05) is 29.2 Å². The van der Waals surface area contributed by atoms with Crippen LogP contribution < -0.4 is 16.3 Å². The molecule has 9 nitrogen and oxygen atoms in total. The number of halogens is 1. The Morgan fingerprint density at radius 1 is 1.17 bits per heavy atom. The van der Waals surface area contributed by atoms with E-state index in [0.717, 1.165) is 63.0 Å². The number of pyridine rings is 1. The molecule has 0 aliphatic carbocycles. The zero-order valence-corrected chi connectivity index (χ0v) is 21.3. The summed E-state index contributed by atoms with van der Waals surface area (Å²) in [4.78, 5) is 35.6. The number of hydrogen-bond donors (Lipinski definition) is 1. The number of imidazole rings is 1. The molecule has 3 aromatic rings. The first kappa shape index (κ1) is 25.7. The molecule has 2 fully saturated rings. The van der Waals surface area contributed by atoms with Crippen LogP contribution in [0.3, 0.4) is 0 Å². The van der Waals surface area contributed by atoms with E-state index in [1.54, 1.807) is 17.7 Å². The van der Waals surface area contributed by atoms with Crippen molar-refractivity contribution in [2.75, 3.05) is 31.1 Å². The number of nitrogens with zero attached hydrogens (tertiary/aromatic N) is 6. The molecular weight excluding hydrogens is 478 g/mol. The van der Waals surface area contributed by atoms with E-state index < -0.39 is 0 Å². The maximum atomic E-state index is 13.4. The molecule has 0 saturated carbocycles. The van der Waals surface area contributed by atoms with Crippen molar-refractivity contribution in [2.24, 2.45) is 12.8 Å². The standard InChI is InChI=1S/C26H31N7O2.ClH/c1-30-24-23(33(26(30)35)16-19-9-4-3-8-18(19)15-27)22(32-13-7-10-20(28)17-32)14-21(29-24)25(34)31-11-5-2-6-12-31;/h3-4,8-9,14,20H,2,5-7,10-13,16-17,28H2,1H3;1H. The second-order valence-electron chi connectivity index (χ2n) is 9.60. The third kappa shape index (κ3) is 4.71. The lowest BCUT2D eigenvalue weighted by Gasteiger charge is -2.33. The molecule has 4 heterocycles. The SMILES string of the molecule is Cl.Cn1c(=O)n(Cc2ccccc2C#N)c2c(N3CCCC(N)C3)cc(C(=O)N3CCCCC3)nc21. The number of likely N-dealkylation sites (tertiary alicyclic amines) is 1. The lowest BCUT2D eigenvalue weighted by atomic mass is 10.1. The highest BCUT2D eigenvalue weighted by Crippen LogP contribution is 2.30. The van der Waals surface area contributed by atoms with Crippen LogP contribution in [0.25, 0.3) is 11.2 Å². The van der Waals surface area contributed by atoms with Gasteiger partial charge in [0.2, 0.25) is 0 Å². The van der Waals surface area contributed by atoms with Crippen LogP contribution in [-0.2, 0) is 13.6 Å². The van der Waals surface area contributed by atoms with E-state index in [9.17, 15) is 14.9 Å². The zero-order chi connectivity index (χ0) is 24.5. The maximum absolute atomic E-state index is 13.4. The highest BCUT2D eigenvalue weighted by atomic mass is 35.5. The summed E-state index contributed by atoms with van der Waals surface area (Å²) in [7, 11) is 1.69. The van der Waals surface area contributed by atoms with Gasteiger partial charge in [0, 0.05) is 39.3 Å². The Hall–Kier alpha value is -3.35. The van der Waals surface area contributed by atoms with Crippen molar-refractivity contribution in [3.8, 4) is 6.07 Å². The largest absolute Gasteiger partial charge is 0.368 e. The first-order chi connectivity index (χ1) is 17.0. The number of amides is 1. The highest BCUT2D eigenvalue weighted by Gasteiger charge is 2.28. The third-order valence-electron chi connectivity index (χ3n) is 7.19. The van der Waals surface area contributed by atoms with Gasteiger partial charge in [-0.05, 0) is 49.8 Å². The molecule has 0 radical (unpaired) electrons. The van der Waals surface area contributed by atoms with Crippen LogP contribution in [0.5, 0.6) is 0 Å². The number of piperidine rings is 2. The summed E-state index contributed by atoms with van der Waals surface area (Å²) in [6, 6.07) is 11.4. The number of rotatable bonds is 4. The quantitative estimate of drug-likeness (QED) is 0.578. The first-order valence-electron chi connectivity index (χ1n) is 12.4. The molecule has 36 heavy (non-hydrogen) atoms. The Balaban J connectivity index is 0.00000304. The fraction of sp³-hybridized carbons (Fsp3) is 0.462. The van der Waals surface area contributed by atoms with Crippen molar-refractivity contribution < 1.29 is 4.79 Å². The second-order valence-corrected chi connectivity index (χ2v) is 9.60. The normalized spacial score (nSPS) is 18.1. The number of aromatic nitrogens is 3. The molecule has 1 amide bonds. The van der Waals surface area contributed by atoms with Crippen molar-refractivity contribution in [3.05, 3.63) is 57.6 Å². The van der Waals surface area contributed by atoms with Gasteiger partial charge in [0.25, 0.3) is 5.91 Å². The van der Waals surface area contributed by atoms with Gasteiger partial charge in [0.05, 0.1) is 23.9 Å². The van der Waals surface area contributed by atoms with Gasteiger partial charge in [0.1, 0.15) is 11.2 Å². The first-order valence-corrected chi connectivity index (χ1v) is 12.4. The van der Waals surface area contributed by atoms with Crippen molar-refractivity contribution in [2.45, 2.75) is 44.7 Å². The Morgan fingerprint density at radius 3 is 2.64 bits per heavy atom. The average Bonchev–Trinajstić information content (AvgIpc) is 3.13. The number of benzene rings is 1. The van der Waals surface area contributed by atoms with Gasteiger partial charge in [-0.2, -0.15) is 5.26 Å². The molecule has 2 aliphatic rings. The van der Waals surface area contributed by atoms with E-state index in [0.29, 0.717) is 29.0 Å². The van der Waals surface area contributed by atoms with Gasteiger partial charge in [0.15, 0.2) is 5.65 Å². The predicted molar refractivity (Wildman–Crippen MR) is 142 cm³/mol. The molecule has 1 unspecified atom stereocenters. The predicted octanol–water partition coefficient (Wildman–Crippen LogP) is 2.63. The second kappa shape index (κ2) is 10.7. The summed E-state index contributed by atoms with van der Waals surface area (Å²) in [5.74, 6) is -0.0933. The van der Waals surface area contributed by atoms with Crippen LogP contribution in [-0.4, -0.2) is 57.1 Å². The van der Waals surface area contributed by atoms with Gasteiger partial charge < -0.3 is 15.5 Å². The van der Waals surface area contributed by atoms with Crippen LogP contribution in [0.4, 0.5) is 5.69 Å². The smallest absolute Gasteiger partial charge is 0.330 e. The van der Waals surface area contributed by atoms with Gasteiger partial charge in [-0.1, -0.05) is 18.2 Å². The molecule has 190 valence electrons. The fourth-order valence-electron chi connectivity index (χ4n) is 5.29. The summed E-state index contributed by atoms with van der Waals surface area (Å²) in [6.45, 7) is 3.14. The van der Waals surface area contributed by atoms with Crippen LogP contribution in [0.15, 0.2) is 35.1 Å². The molecule has 2 aromatic heterocycles. The summed E-state index contributed by atoms with van der Waals surface area (Å²) >= 11 is 0.